The van der Waals surface area contributed by atoms with Crippen molar-refractivity contribution in [2.24, 2.45) is 11.7 Å². The van der Waals surface area contributed by atoms with Crippen LogP contribution in [-0.4, -0.2) is 47.9 Å². The number of allylic oxidation sites excluding steroid dienone is 3. The van der Waals surface area contributed by atoms with E-state index in [9.17, 15) is 9.90 Å². The summed E-state index contributed by atoms with van der Waals surface area (Å²) in [7, 11) is 1.69. The van der Waals surface area contributed by atoms with Gasteiger partial charge in [0, 0.05) is 38.5 Å². The first-order valence-corrected chi connectivity index (χ1v) is 10.4. The Bertz CT molecular complexity index is 714. The van der Waals surface area contributed by atoms with Crippen LogP contribution in [0.2, 0.25) is 0 Å². The maximum Gasteiger partial charge on any atom is 0.227 e. The highest BCUT2D eigenvalue weighted by atomic mass is 16.5. The van der Waals surface area contributed by atoms with Gasteiger partial charge in [0.25, 0.3) is 0 Å². The largest absolute Gasteiger partial charge is 0.493 e. The minimum Gasteiger partial charge on any atom is -0.493 e. The molecule has 4 rings (SSSR count). The van der Waals surface area contributed by atoms with Gasteiger partial charge in [0.05, 0.1) is 5.70 Å². The summed E-state index contributed by atoms with van der Waals surface area (Å²) in [6.07, 6.45) is 11.5. The molecule has 0 aromatic rings. The quantitative estimate of drug-likeness (QED) is 0.639. The van der Waals surface area contributed by atoms with Crippen molar-refractivity contribution < 1.29 is 19.4 Å². The van der Waals surface area contributed by atoms with E-state index >= 15 is 0 Å². The molecule has 4 atom stereocenters. The van der Waals surface area contributed by atoms with Crippen LogP contribution in [-0.2, 0) is 14.3 Å². The first-order chi connectivity index (χ1) is 13.6. The van der Waals surface area contributed by atoms with Gasteiger partial charge in [-0.25, -0.2) is 0 Å². The molecule has 0 radical (unpaired) electrons. The lowest BCUT2D eigenvalue weighted by Gasteiger charge is -2.32. The van der Waals surface area contributed by atoms with Crippen molar-refractivity contribution in [1.82, 2.24) is 10.2 Å². The van der Waals surface area contributed by atoms with E-state index in [1.54, 1.807) is 7.11 Å². The summed E-state index contributed by atoms with van der Waals surface area (Å²) in [5.41, 5.74) is 8.31. The number of methoxy groups -OCH3 is 1. The van der Waals surface area contributed by atoms with Crippen LogP contribution < -0.4 is 11.1 Å². The van der Waals surface area contributed by atoms with Gasteiger partial charge in [-0.15, -0.1) is 0 Å². The maximum atomic E-state index is 11.5. The predicted octanol–water partition coefficient (Wildman–Crippen LogP) is 2.42. The van der Waals surface area contributed by atoms with Gasteiger partial charge < -0.3 is 25.2 Å². The number of hydrogen-bond acceptors (Lipinski definition) is 6. The van der Waals surface area contributed by atoms with E-state index in [1.165, 1.54) is 24.8 Å². The van der Waals surface area contributed by atoms with Crippen LogP contribution in [0.25, 0.3) is 0 Å². The van der Waals surface area contributed by atoms with Crippen molar-refractivity contribution in [3.8, 4) is 0 Å². The Balaban J connectivity index is 1.49. The highest BCUT2D eigenvalue weighted by Gasteiger charge is 2.42. The van der Waals surface area contributed by atoms with Crippen LogP contribution in [0.3, 0.4) is 0 Å². The Kier molecular flexibility index (Phi) is 5.64. The number of likely N-dealkylation sites (tertiary alicyclic amines) is 1. The molecule has 2 aliphatic carbocycles. The second-order valence-corrected chi connectivity index (χ2v) is 8.22. The lowest BCUT2D eigenvalue weighted by molar-refractivity contribution is -0.122. The van der Waals surface area contributed by atoms with E-state index in [2.05, 4.69) is 22.4 Å². The molecule has 1 saturated carbocycles. The zero-order valence-corrected chi connectivity index (χ0v) is 16.5. The number of nitrogens with zero attached hydrogens (tertiary/aromatic N) is 1. The molecule has 0 bridgehead atoms. The molecule has 0 aromatic carbocycles. The topological polar surface area (TPSA) is 97.1 Å². The predicted molar refractivity (Wildman–Crippen MR) is 105 cm³/mol. The number of ether oxygens (including phenoxy) is 2. The Morgan fingerprint density at radius 3 is 2.86 bits per heavy atom. The summed E-state index contributed by atoms with van der Waals surface area (Å²) in [6.45, 7) is 0.663. The molecule has 7 nitrogen and oxygen atoms in total. The minimum absolute atomic E-state index is 0.0496. The van der Waals surface area contributed by atoms with Gasteiger partial charge in [-0.1, -0.05) is 12.8 Å². The average Bonchev–Trinajstić information content (AvgIpc) is 2.91. The fraction of sp³-hybridized carbons (Fsp3) is 0.667. The lowest BCUT2D eigenvalue weighted by atomic mass is 9.92. The van der Waals surface area contributed by atoms with E-state index in [-0.39, 0.29) is 36.1 Å². The molecule has 0 aromatic heterocycles. The molecular weight excluding hydrogens is 358 g/mol. The van der Waals surface area contributed by atoms with Crippen molar-refractivity contribution in [1.29, 1.82) is 0 Å². The smallest absolute Gasteiger partial charge is 0.227 e. The Morgan fingerprint density at radius 2 is 2.07 bits per heavy atom. The van der Waals surface area contributed by atoms with E-state index in [0.29, 0.717) is 19.4 Å². The van der Waals surface area contributed by atoms with Crippen LogP contribution in [0.4, 0.5) is 0 Å². The monoisotopic (exact) mass is 389 g/mol. The summed E-state index contributed by atoms with van der Waals surface area (Å²) in [5.74, 6) is 0.924. The van der Waals surface area contributed by atoms with Gasteiger partial charge in [-0.2, -0.15) is 0 Å². The van der Waals surface area contributed by atoms with E-state index in [4.69, 9.17) is 15.2 Å². The molecule has 2 heterocycles. The van der Waals surface area contributed by atoms with Gasteiger partial charge in [-0.05, 0) is 43.4 Å². The Morgan fingerprint density at radius 1 is 1.25 bits per heavy atom. The first kappa shape index (κ1) is 19.3. The number of rotatable bonds is 4. The second-order valence-electron chi connectivity index (χ2n) is 8.22. The molecule has 2 unspecified atom stereocenters. The molecule has 28 heavy (non-hydrogen) atoms. The van der Waals surface area contributed by atoms with Crippen molar-refractivity contribution in [2.75, 3.05) is 13.7 Å². The third kappa shape index (κ3) is 3.78. The SMILES string of the molecule is COC1C2CC=C(O[C@H]3CCCCC[C@@H]3N)C=C2CN1C1=C(O)NC(=O)CC1. The fourth-order valence-electron chi connectivity index (χ4n) is 4.85. The molecule has 1 saturated heterocycles. The van der Waals surface area contributed by atoms with Crippen LogP contribution in [0.15, 0.2) is 35.1 Å². The Hall–Kier alpha value is -1.99. The molecular formula is C21H31N3O4. The molecule has 4 aliphatic rings. The van der Waals surface area contributed by atoms with Crippen LogP contribution in [0.1, 0.15) is 51.4 Å². The molecule has 7 heteroatoms. The van der Waals surface area contributed by atoms with Gasteiger partial charge in [0.1, 0.15) is 18.1 Å². The van der Waals surface area contributed by atoms with E-state index < -0.39 is 0 Å². The number of aliphatic hydroxyl groups excluding tert-OH is 1. The molecule has 0 spiro atoms. The lowest BCUT2D eigenvalue weighted by Crippen LogP contribution is -2.39. The standard InChI is InChI=1S/C21H31N3O4/c1-27-21-15-8-7-14(28-18-6-4-2-3-5-16(18)22)11-13(15)12-24(21)17-9-10-19(25)23-20(17)26/h7,11,15-16,18,21,26H,2-6,8-10,12,22H2,1H3,(H,23,25)/t15?,16-,18-,21?/m0/s1. The number of carbonyl (C=O) groups is 1. The van der Waals surface area contributed by atoms with E-state index in [1.807, 2.05) is 0 Å². The van der Waals surface area contributed by atoms with Crippen LogP contribution in [0.5, 0.6) is 0 Å². The summed E-state index contributed by atoms with van der Waals surface area (Å²) < 4.78 is 12.1. The number of nitrogens with one attached hydrogen (secondary N) is 1. The maximum absolute atomic E-state index is 11.5. The van der Waals surface area contributed by atoms with Gasteiger partial charge in [0.15, 0.2) is 0 Å². The fourth-order valence-corrected chi connectivity index (χ4v) is 4.85. The number of aliphatic hydroxyl groups is 1. The number of nitrogens with two attached hydrogens (primary N) is 1. The van der Waals surface area contributed by atoms with Crippen molar-refractivity contribution in [3.63, 3.8) is 0 Å². The highest BCUT2D eigenvalue weighted by molar-refractivity contribution is 5.79. The zero-order valence-electron chi connectivity index (χ0n) is 16.5. The molecule has 2 aliphatic heterocycles. The summed E-state index contributed by atoms with van der Waals surface area (Å²) in [4.78, 5) is 13.6. The van der Waals surface area contributed by atoms with Crippen molar-refractivity contribution in [3.05, 3.63) is 35.1 Å². The van der Waals surface area contributed by atoms with Crippen molar-refractivity contribution >= 4 is 5.91 Å². The minimum atomic E-state index is -0.156. The average molecular weight is 389 g/mol. The number of hydrogen-bond donors (Lipinski definition) is 3. The first-order valence-electron chi connectivity index (χ1n) is 10.4. The van der Waals surface area contributed by atoms with Gasteiger partial charge in [0.2, 0.25) is 11.8 Å². The summed E-state index contributed by atoms with van der Waals surface area (Å²) in [6, 6.07) is 0.0966. The molecule has 2 fully saturated rings. The third-order valence-corrected chi connectivity index (χ3v) is 6.38. The van der Waals surface area contributed by atoms with Crippen LogP contribution in [0, 0.1) is 5.92 Å². The highest BCUT2D eigenvalue weighted by Crippen LogP contribution is 2.40. The van der Waals surface area contributed by atoms with Crippen LogP contribution >= 0.6 is 0 Å². The van der Waals surface area contributed by atoms with E-state index in [0.717, 1.165) is 30.7 Å². The Labute approximate surface area is 166 Å². The van der Waals surface area contributed by atoms with Gasteiger partial charge >= 0.3 is 0 Å². The molecule has 154 valence electrons. The zero-order chi connectivity index (χ0) is 19.7. The summed E-state index contributed by atoms with van der Waals surface area (Å²) in [5, 5.41) is 12.8. The third-order valence-electron chi connectivity index (χ3n) is 6.38. The second kappa shape index (κ2) is 8.17. The summed E-state index contributed by atoms with van der Waals surface area (Å²) >= 11 is 0. The number of carbonyl (C=O) groups excluding carboxylic acids is 1. The molecule has 4 N–H and O–H groups in total. The normalized spacial score (nSPS) is 33.6. The number of fused-ring (bicyclic) bond motifs is 1. The van der Waals surface area contributed by atoms with Crippen molar-refractivity contribution in [2.45, 2.75) is 69.7 Å². The number of amides is 1. The molecule has 1 amide bonds. The van der Waals surface area contributed by atoms with Gasteiger partial charge in [-0.3, -0.25) is 10.1 Å².